The van der Waals surface area contributed by atoms with Crippen LogP contribution in [-0.4, -0.2) is 12.3 Å². The molecule has 1 aliphatic rings. The number of nitrogens with zero attached hydrogens (tertiary/aromatic N) is 1. The van der Waals surface area contributed by atoms with Crippen LogP contribution in [0.1, 0.15) is 25.7 Å². The van der Waals surface area contributed by atoms with Crippen LogP contribution in [0.3, 0.4) is 0 Å². The van der Waals surface area contributed by atoms with Gasteiger partial charge in [0.05, 0.1) is 0 Å². The molecule has 9 heavy (non-hydrogen) atoms. The molecule has 0 spiro atoms. The van der Waals surface area contributed by atoms with Gasteiger partial charge in [-0.2, -0.15) is 4.72 Å². The van der Waals surface area contributed by atoms with E-state index in [0.717, 1.165) is 6.54 Å². The lowest BCUT2D eigenvalue weighted by Gasteiger charge is -1.93. The standard InChI is InChI=1S/C6H12NS2/c1-2-4-6-8-9-7-5-3-1/h1-6H2. The van der Waals surface area contributed by atoms with Crippen molar-refractivity contribution >= 4 is 21.8 Å². The molecule has 0 atom stereocenters. The van der Waals surface area contributed by atoms with Gasteiger partial charge in [-0.25, -0.2) is 0 Å². The SMILES string of the molecule is C1CCCSS[N]CC1. The minimum Gasteiger partial charge on any atom is -0.165 e. The van der Waals surface area contributed by atoms with E-state index < -0.39 is 0 Å². The molecule has 0 amide bonds. The van der Waals surface area contributed by atoms with Crippen molar-refractivity contribution in [3.8, 4) is 0 Å². The van der Waals surface area contributed by atoms with E-state index in [9.17, 15) is 0 Å². The Morgan fingerprint density at radius 1 is 1.00 bits per heavy atom. The van der Waals surface area contributed by atoms with Crippen LogP contribution < -0.4 is 4.72 Å². The molecule has 1 radical (unpaired) electrons. The maximum atomic E-state index is 4.27. The lowest BCUT2D eigenvalue weighted by atomic mass is 10.2. The van der Waals surface area contributed by atoms with Gasteiger partial charge in [0.2, 0.25) is 0 Å². The normalized spacial score (nSPS) is 24.0. The minimum atomic E-state index is 1.07. The molecule has 0 aromatic carbocycles. The van der Waals surface area contributed by atoms with E-state index in [1.165, 1.54) is 31.4 Å². The van der Waals surface area contributed by atoms with Crippen molar-refractivity contribution in [3.05, 3.63) is 0 Å². The van der Waals surface area contributed by atoms with Crippen LogP contribution in [0.5, 0.6) is 0 Å². The summed E-state index contributed by atoms with van der Waals surface area (Å²) in [5, 5.41) is 0. The van der Waals surface area contributed by atoms with E-state index in [4.69, 9.17) is 0 Å². The van der Waals surface area contributed by atoms with Gasteiger partial charge in [-0.15, -0.1) is 0 Å². The predicted molar refractivity (Wildman–Crippen MR) is 45.5 cm³/mol. The molecule has 0 aromatic rings. The summed E-state index contributed by atoms with van der Waals surface area (Å²) in [7, 11) is 3.58. The van der Waals surface area contributed by atoms with E-state index in [1.807, 2.05) is 10.8 Å². The fourth-order valence-corrected chi connectivity index (χ4v) is 2.50. The van der Waals surface area contributed by atoms with Gasteiger partial charge in [0, 0.05) is 23.3 Å². The van der Waals surface area contributed by atoms with Gasteiger partial charge in [0.1, 0.15) is 0 Å². The summed E-state index contributed by atoms with van der Waals surface area (Å²) in [5.74, 6) is 1.29. The first-order valence-electron chi connectivity index (χ1n) is 3.45. The first kappa shape index (κ1) is 7.76. The molecule has 0 bridgehead atoms. The van der Waals surface area contributed by atoms with Crippen molar-refractivity contribution in [1.29, 1.82) is 0 Å². The van der Waals surface area contributed by atoms with Crippen molar-refractivity contribution in [2.75, 3.05) is 12.3 Å². The smallest absolute Gasteiger partial charge is 0.0265 e. The van der Waals surface area contributed by atoms with Crippen molar-refractivity contribution in [2.24, 2.45) is 0 Å². The summed E-state index contributed by atoms with van der Waals surface area (Å²) in [6, 6.07) is 0. The maximum Gasteiger partial charge on any atom is 0.0265 e. The van der Waals surface area contributed by atoms with Crippen LogP contribution in [0.2, 0.25) is 0 Å². The Bertz CT molecular complexity index is 39.5. The van der Waals surface area contributed by atoms with Gasteiger partial charge in [0.25, 0.3) is 0 Å². The number of hydrogen-bond donors (Lipinski definition) is 0. The molecule has 0 N–H and O–H groups in total. The fraction of sp³-hybridized carbons (Fsp3) is 1.00. The Morgan fingerprint density at radius 3 is 2.89 bits per heavy atom. The molecule has 1 fully saturated rings. The summed E-state index contributed by atoms with van der Waals surface area (Å²) in [6.45, 7) is 1.07. The molecule has 3 heteroatoms. The Balaban J connectivity index is 2.02. The summed E-state index contributed by atoms with van der Waals surface area (Å²) in [6.07, 6.45) is 5.47. The number of hydrogen-bond acceptors (Lipinski definition) is 2. The minimum absolute atomic E-state index is 1.07. The third-order valence-electron chi connectivity index (χ3n) is 1.33. The Hall–Kier alpha value is 0.660. The van der Waals surface area contributed by atoms with E-state index in [0.29, 0.717) is 0 Å². The summed E-state index contributed by atoms with van der Waals surface area (Å²) in [4.78, 5) is 0. The highest BCUT2D eigenvalue weighted by Gasteiger charge is 1.96. The molecular weight excluding hydrogens is 150 g/mol. The lowest BCUT2D eigenvalue weighted by molar-refractivity contribution is 0.666. The molecule has 53 valence electrons. The zero-order valence-corrected chi connectivity index (χ0v) is 7.14. The van der Waals surface area contributed by atoms with Gasteiger partial charge in [-0.05, 0) is 12.8 Å². The third kappa shape index (κ3) is 4.12. The highest BCUT2D eigenvalue weighted by atomic mass is 33.1. The molecule has 1 rings (SSSR count). The zero-order chi connectivity index (χ0) is 6.36. The molecular formula is C6H12NS2. The van der Waals surface area contributed by atoms with Crippen molar-refractivity contribution < 1.29 is 0 Å². The topological polar surface area (TPSA) is 14.1 Å². The van der Waals surface area contributed by atoms with Gasteiger partial charge < -0.3 is 0 Å². The second kappa shape index (κ2) is 5.45. The molecule has 0 saturated carbocycles. The second-order valence-electron chi connectivity index (χ2n) is 2.16. The highest BCUT2D eigenvalue weighted by molar-refractivity contribution is 8.75. The molecule has 1 nitrogen and oxygen atoms in total. The van der Waals surface area contributed by atoms with Crippen LogP contribution >= 0.6 is 21.8 Å². The Morgan fingerprint density at radius 2 is 1.89 bits per heavy atom. The van der Waals surface area contributed by atoms with E-state index in [2.05, 4.69) is 4.72 Å². The van der Waals surface area contributed by atoms with Crippen molar-refractivity contribution in [3.63, 3.8) is 0 Å². The monoisotopic (exact) mass is 162 g/mol. The van der Waals surface area contributed by atoms with Crippen LogP contribution in [0.15, 0.2) is 0 Å². The average molecular weight is 162 g/mol. The van der Waals surface area contributed by atoms with E-state index >= 15 is 0 Å². The molecule has 1 heterocycles. The fourth-order valence-electron chi connectivity index (χ4n) is 0.803. The summed E-state index contributed by atoms with van der Waals surface area (Å²) >= 11 is 0. The largest absolute Gasteiger partial charge is 0.165 e. The van der Waals surface area contributed by atoms with Crippen LogP contribution in [0.25, 0.3) is 0 Å². The van der Waals surface area contributed by atoms with Crippen LogP contribution in [0, 0.1) is 0 Å². The molecule has 0 unspecified atom stereocenters. The quantitative estimate of drug-likeness (QED) is 0.401. The molecule has 0 aromatic heterocycles. The van der Waals surface area contributed by atoms with E-state index in [1.54, 1.807) is 11.0 Å². The average Bonchev–Trinajstić information content (AvgIpc) is 2.00. The summed E-state index contributed by atoms with van der Waals surface area (Å²) < 4.78 is 4.27. The van der Waals surface area contributed by atoms with Gasteiger partial charge in [-0.3, -0.25) is 0 Å². The van der Waals surface area contributed by atoms with Crippen LogP contribution in [0.4, 0.5) is 0 Å². The van der Waals surface area contributed by atoms with Crippen molar-refractivity contribution in [1.82, 2.24) is 4.72 Å². The Labute approximate surface area is 64.9 Å². The Kier molecular flexibility index (Phi) is 4.70. The number of rotatable bonds is 0. The molecule has 1 aliphatic heterocycles. The van der Waals surface area contributed by atoms with Crippen LogP contribution in [-0.2, 0) is 0 Å². The predicted octanol–water partition coefficient (Wildman–Crippen LogP) is 2.46. The van der Waals surface area contributed by atoms with Gasteiger partial charge in [-0.1, -0.05) is 23.6 Å². The second-order valence-corrected chi connectivity index (χ2v) is 4.37. The van der Waals surface area contributed by atoms with Gasteiger partial charge >= 0.3 is 0 Å². The molecule has 0 aliphatic carbocycles. The highest BCUT2D eigenvalue weighted by Crippen LogP contribution is 2.22. The molecule has 1 saturated heterocycles. The first-order valence-corrected chi connectivity index (χ1v) is 5.73. The first-order chi connectivity index (χ1) is 4.50. The third-order valence-corrected chi connectivity index (χ3v) is 3.31. The maximum absolute atomic E-state index is 4.27. The van der Waals surface area contributed by atoms with Gasteiger partial charge in [0.15, 0.2) is 0 Å². The lowest BCUT2D eigenvalue weighted by Crippen LogP contribution is -1.93. The van der Waals surface area contributed by atoms with Crippen molar-refractivity contribution in [2.45, 2.75) is 25.7 Å². The zero-order valence-electron chi connectivity index (χ0n) is 5.51. The van der Waals surface area contributed by atoms with E-state index in [-0.39, 0.29) is 0 Å². The summed E-state index contributed by atoms with van der Waals surface area (Å²) in [5.41, 5.74) is 0.